The van der Waals surface area contributed by atoms with Crippen molar-refractivity contribution < 1.29 is 52.6 Å². The van der Waals surface area contributed by atoms with Crippen LogP contribution in [0.4, 0.5) is 5.82 Å². The number of nitrogens with zero attached hydrogens (tertiary/aromatic N) is 4. The fourth-order valence-corrected chi connectivity index (χ4v) is 8.34. The van der Waals surface area contributed by atoms with Gasteiger partial charge in [-0.05, 0) is 66.6 Å². The number of nitrogens with one attached hydrogen (secondary N) is 1. The molecular weight excluding hydrogens is 843 g/mol. The molecule has 1 aliphatic carbocycles. The zero-order chi connectivity index (χ0) is 46.3. The third-order valence-electron chi connectivity index (χ3n) is 10.7. The van der Waals surface area contributed by atoms with E-state index < -0.39 is 28.2 Å². The van der Waals surface area contributed by atoms with Crippen LogP contribution in [0.1, 0.15) is 91.0 Å². The number of sulfonamides is 1. The fourth-order valence-electron chi connectivity index (χ4n) is 7.34. The quantitative estimate of drug-likeness (QED) is 0.0424. The Morgan fingerprint density at radius 2 is 1.72 bits per heavy atom. The number of allylic oxidation sites excluding steroid dienone is 2. The molecule has 0 unspecified atom stereocenters. The summed E-state index contributed by atoms with van der Waals surface area (Å²) in [6, 6.07) is 15.0. The molecule has 1 aliphatic heterocycles. The Morgan fingerprint density at radius 1 is 1.00 bits per heavy atom. The molecule has 3 heterocycles. The molecule has 2 aromatic carbocycles. The van der Waals surface area contributed by atoms with Crippen molar-refractivity contribution in [2.75, 3.05) is 25.0 Å². The Bertz CT molecular complexity index is 2290. The molecule has 64 heavy (non-hydrogen) atoms. The SMILES string of the molecule is CCCCC[C@H](O)/C=C/[C@@H]1[C@H]2C/C(=C/CCCC(=O)O)O[C@H]2C[C@H]1O.COc1ccccc1Oc1c(NS(=O)(=O)c2ccc(C(C)(C)C)cc2)nc(-c2ncccn2)nc1OCCO. The molecule has 0 amide bonds. The van der Waals surface area contributed by atoms with Gasteiger partial charge < -0.3 is 39.4 Å². The van der Waals surface area contributed by atoms with Gasteiger partial charge in [0.25, 0.3) is 15.9 Å². The van der Waals surface area contributed by atoms with Crippen LogP contribution in [-0.2, 0) is 25.0 Å². The average Bonchev–Trinajstić information content (AvgIpc) is 3.80. The minimum absolute atomic E-state index is 0.0169. The first-order valence-electron chi connectivity index (χ1n) is 21.6. The van der Waals surface area contributed by atoms with E-state index in [0.717, 1.165) is 43.4 Å². The average molecular weight is 904 g/mol. The van der Waals surface area contributed by atoms with Crippen molar-refractivity contribution in [2.45, 2.75) is 114 Å². The topological polar surface area (TPSA) is 233 Å². The lowest BCUT2D eigenvalue weighted by atomic mass is 9.87. The molecule has 4 aromatic rings. The number of carboxylic acids is 1. The van der Waals surface area contributed by atoms with Gasteiger partial charge in [-0.25, -0.2) is 23.4 Å². The van der Waals surface area contributed by atoms with E-state index in [4.69, 9.17) is 24.1 Å². The second kappa shape index (κ2) is 23.4. The second-order valence-corrected chi connectivity index (χ2v) is 18.3. The van der Waals surface area contributed by atoms with Gasteiger partial charge in [-0.2, -0.15) is 4.98 Å². The van der Waals surface area contributed by atoms with Crippen LogP contribution in [-0.4, -0.2) is 93.4 Å². The number of aliphatic hydroxyl groups is 3. The molecule has 1 saturated heterocycles. The Hall–Kier alpha value is -5.62. The van der Waals surface area contributed by atoms with E-state index in [9.17, 15) is 28.5 Å². The van der Waals surface area contributed by atoms with Crippen LogP contribution >= 0.6 is 0 Å². The smallest absolute Gasteiger partial charge is 0.303 e. The molecule has 6 rings (SSSR count). The summed E-state index contributed by atoms with van der Waals surface area (Å²) in [4.78, 5) is 27.6. The van der Waals surface area contributed by atoms with Gasteiger partial charge in [0, 0.05) is 43.5 Å². The number of carboxylic acid groups (broad SMARTS) is 1. The number of rotatable bonds is 20. The maximum absolute atomic E-state index is 13.5. The molecule has 0 bridgehead atoms. The lowest BCUT2D eigenvalue weighted by Crippen LogP contribution is -2.18. The number of unbranched alkanes of at least 4 members (excludes halogenated alkanes) is 3. The third-order valence-corrected chi connectivity index (χ3v) is 12.1. The lowest BCUT2D eigenvalue weighted by Gasteiger charge is -2.20. The summed E-state index contributed by atoms with van der Waals surface area (Å²) in [6.07, 6.45) is 15.0. The molecule has 1 saturated carbocycles. The predicted octanol–water partition coefficient (Wildman–Crippen LogP) is 7.61. The normalized spacial score (nSPS) is 19.3. The molecule has 16 nitrogen and oxygen atoms in total. The Labute approximate surface area is 375 Å². The lowest BCUT2D eigenvalue weighted by molar-refractivity contribution is -0.137. The molecule has 0 radical (unpaired) electrons. The highest BCUT2D eigenvalue weighted by Crippen LogP contribution is 2.46. The summed E-state index contributed by atoms with van der Waals surface area (Å²) in [5.74, 6) is 0.700. The number of benzene rings is 2. The highest BCUT2D eigenvalue weighted by Gasteiger charge is 2.47. The minimum atomic E-state index is -4.14. The summed E-state index contributed by atoms with van der Waals surface area (Å²) in [5.41, 5.74) is 0.827. The zero-order valence-electron chi connectivity index (χ0n) is 37.1. The highest BCUT2D eigenvalue weighted by molar-refractivity contribution is 7.92. The standard InChI is InChI=1S/C27H29N5O6S.C20H32O5/c1-27(2,3)18-10-12-19(13-11-18)39(34,35)32-23-22(38-21-9-6-5-8-20(21)36-4)26(37-17-16-33)31-25(30-23)24-28-14-7-15-29-24;1-2-3-4-7-14(21)10-11-16-17-12-15(8-5-6-9-20(23)24)25-19(17)13-18(16)22/h5-15,33H,16-17H2,1-4H3,(H,30,31,32);8,10-11,14,16-19,21-22H,2-7,9,12-13H2,1H3,(H,23,24)/b;11-10+,15-8-/t;14-,16+,17+,18+,19-/m.0/s1. The molecule has 346 valence electrons. The van der Waals surface area contributed by atoms with E-state index in [0.29, 0.717) is 25.0 Å². The van der Waals surface area contributed by atoms with Crippen molar-refractivity contribution in [3.63, 3.8) is 0 Å². The van der Waals surface area contributed by atoms with Crippen LogP contribution in [0.2, 0.25) is 0 Å². The maximum atomic E-state index is 13.5. The number of anilines is 1. The van der Waals surface area contributed by atoms with E-state index in [1.165, 1.54) is 31.6 Å². The van der Waals surface area contributed by atoms with Crippen molar-refractivity contribution in [2.24, 2.45) is 11.8 Å². The molecule has 5 N–H and O–H groups in total. The number of aliphatic carboxylic acids is 1. The first-order valence-corrected chi connectivity index (χ1v) is 23.1. The van der Waals surface area contributed by atoms with Crippen molar-refractivity contribution in [3.05, 3.63) is 96.5 Å². The first kappa shape index (κ1) is 49.4. The van der Waals surface area contributed by atoms with Crippen molar-refractivity contribution in [1.29, 1.82) is 0 Å². The van der Waals surface area contributed by atoms with Gasteiger partial charge >= 0.3 is 5.97 Å². The zero-order valence-corrected chi connectivity index (χ0v) is 37.9. The summed E-state index contributed by atoms with van der Waals surface area (Å²) in [5, 5.41) is 38.4. The van der Waals surface area contributed by atoms with Gasteiger partial charge in [-0.15, -0.1) is 0 Å². The molecular formula is C47H61N5O11S. The highest BCUT2D eigenvalue weighted by atomic mass is 32.2. The van der Waals surface area contributed by atoms with Crippen LogP contribution in [0.15, 0.2) is 95.9 Å². The minimum Gasteiger partial charge on any atom is -0.495 e. The van der Waals surface area contributed by atoms with Crippen LogP contribution in [0.5, 0.6) is 23.1 Å². The van der Waals surface area contributed by atoms with E-state index in [-0.39, 0.29) is 82.7 Å². The van der Waals surface area contributed by atoms with Crippen LogP contribution in [0, 0.1) is 11.8 Å². The van der Waals surface area contributed by atoms with Crippen molar-refractivity contribution in [3.8, 4) is 34.8 Å². The molecule has 2 fully saturated rings. The van der Waals surface area contributed by atoms with Crippen LogP contribution < -0.4 is 18.9 Å². The Kier molecular flexibility index (Phi) is 18.0. The van der Waals surface area contributed by atoms with Gasteiger partial charge in [-0.3, -0.25) is 9.52 Å². The van der Waals surface area contributed by atoms with E-state index >= 15 is 0 Å². The van der Waals surface area contributed by atoms with Crippen LogP contribution in [0.3, 0.4) is 0 Å². The van der Waals surface area contributed by atoms with Gasteiger partial charge in [0.1, 0.15) is 12.7 Å². The maximum Gasteiger partial charge on any atom is 0.303 e. The number of hydrogen-bond donors (Lipinski definition) is 5. The number of carbonyl (C=O) groups is 1. The van der Waals surface area contributed by atoms with Gasteiger partial charge in [0.05, 0.1) is 36.6 Å². The molecule has 2 aliphatic rings. The van der Waals surface area contributed by atoms with Crippen molar-refractivity contribution in [1.82, 2.24) is 19.9 Å². The summed E-state index contributed by atoms with van der Waals surface area (Å²) in [7, 11) is -2.66. The summed E-state index contributed by atoms with van der Waals surface area (Å²) in [6.45, 7) is 7.80. The summed E-state index contributed by atoms with van der Waals surface area (Å²) < 4.78 is 52.5. The Balaban J connectivity index is 0.000000266. The van der Waals surface area contributed by atoms with Crippen molar-refractivity contribution >= 4 is 21.8 Å². The number of para-hydroxylation sites is 2. The number of methoxy groups -OCH3 is 1. The number of ether oxygens (including phenoxy) is 4. The second-order valence-electron chi connectivity index (χ2n) is 16.6. The number of fused-ring (bicyclic) bond motifs is 1. The number of hydrogen-bond acceptors (Lipinski definition) is 14. The fraction of sp³-hybridized carbons (Fsp3) is 0.468. The largest absolute Gasteiger partial charge is 0.495 e. The van der Waals surface area contributed by atoms with E-state index in [2.05, 4.69) is 31.6 Å². The van der Waals surface area contributed by atoms with E-state index in [1.807, 2.05) is 39.0 Å². The molecule has 2 aromatic heterocycles. The van der Waals surface area contributed by atoms with Crippen LogP contribution in [0.25, 0.3) is 11.6 Å². The first-order chi connectivity index (χ1) is 30.6. The number of aromatic nitrogens is 4. The van der Waals surface area contributed by atoms with E-state index in [1.54, 1.807) is 42.5 Å². The predicted molar refractivity (Wildman–Crippen MR) is 241 cm³/mol. The molecule has 17 heteroatoms. The monoisotopic (exact) mass is 903 g/mol. The molecule has 0 spiro atoms. The van der Waals surface area contributed by atoms with Gasteiger partial charge in [-0.1, -0.05) is 83.4 Å². The Morgan fingerprint density at radius 3 is 2.38 bits per heavy atom. The number of aliphatic hydroxyl groups excluding tert-OH is 3. The van der Waals surface area contributed by atoms with Gasteiger partial charge in [0.15, 0.2) is 23.1 Å². The summed E-state index contributed by atoms with van der Waals surface area (Å²) >= 11 is 0. The molecule has 5 atom stereocenters. The third kappa shape index (κ3) is 13.9. The van der Waals surface area contributed by atoms with Gasteiger partial charge in [0.2, 0.25) is 11.6 Å².